The molecule has 0 aliphatic carbocycles. The van der Waals surface area contributed by atoms with Crippen molar-refractivity contribution in [2.75, 3.05) is 0 Å². The molecular formula is C26H25F9. The highest BCUT2D eigenvalue weighted by Crippen LogP contribution is 2.57. The largest absolute Gasteiger partial charge is 0.460 e. The van der Waals surface area contributed by atoms with E-state index in [9.17, 15) is 39.5 Å². The first-order valence-electron chi connectivity index (χ1n) is 11.1. The lowest BCUT2D eigenvalue weighted by atomic mass is 9.87. The minimum absolute atomic E-state index is 0.0380. The van der Waals surface area contributed by atoms with Crippen LogP contribution < -0.4 is 0 Å². The van der Waals surface area contributed by atoms with E-state index >= 15 is 0 Å². The molecule has 0 saturated carbocycles. The van der Waals surface area contributed by atoms with Gasteiger partial charge < -0.3 is 0 Å². The van der Waals surface area contributed by atoms with Crippen molar-refractivity contribution in [3.63, 3.8) is 0 Å². The topological polar surface area (TPSA) is 0 Å². The zero-order valence-electron chi connectivity index (χ0n) is 19.2. The molecule has 2 aromatic carbocycles. The maximum Gasteiger partial charge on any atom is 0.460 e. The van der Waals surface area contributed by atoms with Gasteiger partial charge in [-0.1, -0.05) is 68.9 Å². The van der Waals surface area contributed by atoms with Gasteiger partial charge in [0.15, 0.2) is 0 Å². The van der Waals surface area contributed by atoms with Gasteiger partial charge in [0.1, 0.15) is 0 Å². The molecule has 0 nitrogen and oxygen atoms in total. The lowest BCUT2D eigenvalue weighted by Gasteiger charge is -2.34. The number of alkyl halides is 9. The van der Waals surface area contributed by atoms with Crippen LogP contribution in [0.4, 0.5) is 39.5 Å². The molecule has 0 atom stereocenters. The molecule has 0 aliphatic heterocycles. The van der Waals surface area contributed by atoms with E-state index in [1.165, 1.54) is 12.1 Å². The SMILES string of the molecule is CCCCC#Cc1c(CCCC)cc(C(F)(F)C(F)(F)C(F)(F)C(F)(F)F)cc1-c1ccccc1. The van der Waals surface area contributed by atoms with Crippen LogP contribution in [0.2, 0.25) is 0 Å². The van der Waals surface area contributed by atoms with E-state index in [0.717, 1.165) is 12.8 Å². The smallest absolute Gasteiger partial charge is 0.194 e. The predicted molar refractivity (Wildman–Crippen MR) is 117 cm³/mol. The highest BCUT2D eigenvalue weighted by Gasteiger charge is 2.82. The molecule has 0 N–H and O–H groups in total. The molecule has 9 heteroatoms. The Morgan fingerprint density at radius 1 is 0.743 bits per heavy atom. The number of rotatable bonds is 9. The predicted octanol–water partition coefficient (Wildman–Crippen LogP) is 9.16. The van der Waals surface area contributed by atoms with Crippen LogP contribution in [0, 0.1) is 11.8 Å². The van der Waals surface area contributed by atoms with Gasteiger partial charge in [0, 0.05) is 17.5 Å². The molecule has 192 valence electrons. The molecule has 0 heterocycles. The van der Waals surface area contributed by atoms with Crippen LogP contribution in [0.15, 0.2) is 42.5 Å². The van der Waals surface area contributed by atoms with Gasteiger partial charge in [-0.15, -0.1) is 0 Å². The van der Waals surface area contributed by atoms with E-state index in [2.05, 4.69) is 11.8 Å². The first-order chi connectivity index (χ1) is 16.2. The minimum atomic E-state index is -6.96. The van der Waals surface area contributed by atoms with Gasteiger partial charge in [-0.25, -0.2) is 0 Å². The van der Waals surface area contributed by atoms with Crippen molar-refractivity contribution in [2.45, 2.75) is 76.3 Å². The third-order valence-corrected chi connectivity index (χ3v) is 5.48. The Kier molecular flexibility index (Phi) is 8.96. The molecule has 2 rings (SSSR count). The Balaban J connectivity index is 2.82. The molecule has 0 amide bonds. The second kappa shape index (κ2) is 11.0. The molecule has 0 spiro atoms. The van der Waals surface area contributed by atoms with E-state index in [0.29, 0.717) is 31.4 Å². The number of hydrogen-bond donors (Lipinski definition) is 0. The number of hydrogen-bond acceptors (Lipinski definition) is 0. The normalized spacial score (nSPS) is 12.9. The summed E-state index contributed by atoms with van der Waals surface area (Å²) in [5.41, 5.74) is -1.04. The zero-order valence-corrected chi connectivity index (χ0v) is 19.2. The number of halogens is 9. The van der Waals surface area contributed by atoms with E-state index in [4.69, 9.17) is 0 Å². The average molecular weight is 508 g/mol. The summed E-state index contributed by atoms with van der Waals surface area (Å²) in [6.07, 6.45) is -3.68. The van der Waals surface area contributed by atoms with E-state index in [1.807, 2.05) is 6.92 Å². The monoisotopic (exact) mass is 508 g/mol. The Morgan fingerprint density at radius 3 is 1.89 bits per heavy atom. The first kappa shape index (κ1) is 28.6. The summed E-state index contributed by atoms with van der Waals surface area (Å²) in [4.78, 5) is 0. The average Bonchev–Trinajstić information content (AvgIpc) is 2.80. The Morgan fingerprint density at radius 2 is 1.34 bits per heavy atom. The molecule has 0 aliphatic rings. The second-order valence-corrected chi connectivity index (χ2v) is 8.15. The van der Waals surface area contributed by atoms with E-state index < -0.39 is 29.5 Å². The van der Waals surface area contributed by atoms with Gasteiger partial charge in [0.2, 0.25) is 0 Å². The van der Waals surface area contributed by atoms with Gasteiger partial charge in [0.05, 0.1) is 0 Å². The first-order valence-corrected chi connectivity index (χ1v) is 11.1. The van der Waals surface area contributed by atoms with Gasteiger partial charge in [-0.2, -0.15) is 39.5 Å². The van der Waals surface area contributed by atoms with Crippen molar-refractivity contribution < 1.29 is 39.5 Å². The third kappa shape index (κ3) is 5.79. The zero-order chi connectivity index (χ0) is 26.5. The van der Waals surface area contributed by atoms with Gasteiger partial charge in [-0.05, 0) is 48.1 Å². The molecular weight excluding hydrogens is 483 g/mol. The van der Waals surface area contributed by atoms with Crippen molar-refractivity contribution in [1.82, 2.24) is 0 Å². The summed E-state index contributed by atoms with van der Waals surface area (Å²) in [6.45, 7) is 3.73. The van der Waals surface area contributed by atoms with Crippen LogP contribution in [0.25, 0.3) is 11.1 Å². The molecule has 35 heavy (non-hydrogen) atoms. The highest BCUT2D eigenvalue weighted by atomic mass is 19.4. The lowest BCUT2D eigenvalue weighted by Crippen LogP contribution is -2.59. The quantitative estimate of drug-likeness (QED) is 0.180. The van der Waals surface area contributed by atoms with E-state index in [1.54, 1.807) is 25.1 Å². The summed E-state index contributed by atoms with van der Waals surface area (Å²) in [6, 6.07) is 8.80. The van der Waals surface area contributed by atoms with Crippen molar-refractivity contribution in [1.29, 1.82) is 0 Å². The molecule has 0 saturated heterocycles. The highest BCUT2D eigenvalue weighted by molar-refractivity contribution is 5.74. The molecule has 2 aromatic rings. The maximum absolute atomic E-state index is 14.9. The molecule has 0 bridgehead atoms. The molecule has 0 fully saturated rings. The standard InChI is InChI=1S/C26H25F9/c1-3-5-7-11-15-21-19(12-6-4-2)16-20(17-22(21)18-13-9-8-10-14-18)23(27,28)24(29,30)25(31,32)26(33,34)35/h8-10,13-14,16-17H,3-7,12H2,1-2H3. The summed E-state index contributed by atoms with van der Waals surface area (Å²) in [5.74, 6) is -13.7. The Labute approximate surface area is 198 Å². The van der Waals surface area contributed by atoms with Crippen LogP contribution in [0.5, 0.6) is 0 Å². The number of aryl methyl sites for hydroxylation is 1. The van der Waals surface area contributed by atoms with Gasteiger partial charge >= 0.3 is 23.9 Å². The number of benzene rings is 2. The molecule has 0 radical (unpaired) electrons. The summed E-state index contributed by atoms with van der Waals surface area (Å²) in [5, 5.41) is 0. The van der Waals surface area contributed by atoms with Gasteiger partial charge in [-0.3, -0.25) is 0 Å². The third-order valence-electron chi connectivity index (χ3n) is 5.48. The van der Waals surface area contributed by atoms with Crippen LogP contribution in [-0.4, -0.2) is 18.0 Å². The van der Waals surface area contributed by atoms with Gasteiger partial charge in [0.25, 0.3) is 0 Å². The fourth-order valence-corrected chi connectivity index (χ4v) is 3.41. The minimum Gasteiger partial charge on any atom is -0.194 e. The summed E-state index contributed by atoms with van der Waals surface area (Å²) in [7, 11) is 0. The Bertz CT molecular complexity index is 1040. The summed E-state index contributed by atoms with van der Waals surface area (Å²) < 4.78 is 123. The van der Waals surface area contributed by atoms with Crippen molar-refractivity contribution in [2.24, 2.45) is 0 Å². The lowest BCUT2D eigenvalue weighted by molar-refractivity contribution is -0.399. The second-order valence-electron chi connectivity index (χ2n) is 8.15. The van der Waals surface area contributed by atoms with Crippen LogP contribution >= 0.6 is 0 Å². The molecule has 0 aromatic heterocycles. The fourth-order valence-electron chi connectivity index (χ4n) is 3.41. The van der Waals surface area contributed by atoms with Crippen LogP contribution in [0.3, 0.4) is 0 Å². The Hall–Kier alpha value is -2.63. The van der Waals surface area contributed by atoms with Crippen molar-refractivity contribution in [3.8, 4) is 23.0 Å². The van der Waals surface area contributed by atoms with E-state index in [-0.39, 0.29) is 28.7 Å². The van der Waals surface area contributed by atoms with Crippen molar-refractivity contribution in [3.05, 3.63) is 59.2 Å². The van der Waals surface area contributed by atoms with Crippen LogP contribution in [0.1, 0.15) is 62.6 Å². The van der Waals surface area contributed by atoms with Crippen molar-refractivity contribution >= 4 is 0 Å². The molecule has 0 unspecified atom stereocenters. The van der Waals surface area contributed by atoms with Crippen LogP contribution in [-0.2, 0) is 12.3 Å². The fraction of sp³-hybridized carbons (Fsp3) is 0.462. The summed E-state index contributed by atoms with van der Waals surface area (Å²) >= 11 is 0. The number of unbranched alkanes of at least 4 members (excludes halogenated alkanes) is 3. The maximum atomic E-state index is 14.9.